The van der Waals surface area contributed by atoms with Gasteiger partial charge >= 0.3 is 24.0 Å². The molecule has 1 aliphatic heterocycles. The van der Waals surface area contributed by atoms with Crippen molar-refractivity contribution in [1.29, 1.82) is 0 Å². The highest BCUT2D eigenvalue weighted by Crippen LogP contribution is 2.25. The average Bonchev–Trinajstić information content (AvgIpc) is 2.93. The van der Waals surface area contributed by atoms with Crippen LogP contribution in [0.3, 0.4) is 0 Å². The number of rotatable bonds is 11. The zero-order valence-corrected chi connectivity index (χ0v) is 21.8. The lowest BCUT2D eigenvalue weighted by Crippen LogP contribution is -2.58. The van der Waals surface area contributed by atoms with Gasteiger partial charge in [-0.2, -0.15) is 0 Å². The van der Waals surface area contributed by atoms with Gasteiger partial charge in [0, 0.05) is 6.42 Å². The van der Waals surface area contributed by atoms with E-state index in [9.17, 15) is 29.1 Å². The third-order valence-corrected chi connectivity index (χ3v) is 6.24. The minimum atomic E-state index is -1.81. The summed E-state index contributed by atoms with van der Waals surface area (Å²) in [6.07, 6.45) is -1.27. The lowest BCUT2D eigenvalue weighted by Gasteiger charge is -2.36. The second-order valence-corrected chi connectivity index (χ2v) is 8.85. The Morgan fingerprint density at radius 3 is 2.21 bits per heavy atom. The van der Waals surface area contributed by atoms with Crippen molar-refractivity contribution in [1.82, 2.24) is 10.2 Å². The van der Waals surface area contributed by atoms with E-state index in [-0.39, 0.29) is 32.8 Å². The molecule has 3 atom stereocenters. The number of hydrogen-bond donors (Lipinski definition) is 2. The first-order chi connectivity index (χ1) is 18.7. The van der Waals surface area contributed by atoms with Gasteiger partial charge in [-0.05, 0) is 30.5 Å². The van der Waals surface area contributed by atoms with E-state index in [4.69, 9.17) is 14.2 Å². The summed E-state index contributed by atoms with van der Waals surface area (Å²) < 4.78 is 15.3. The Bertz CT molecular complexity index is 1180. The Balaban J connectivity index is 1.85. The molecule has 2 N–H and O–H groups in total. The van der Waals surface area contributed by atoms with E-state index in [1.165, 1.54) is 11.8 Å². The fraction of sp³-hybridized carbons (Fsp3) is 0.393. The summed E-state index contributed by atoms with van der Waals surface area (Å²) in [5, 5.41) is 12.3. The van der Waals surface area contributed by atoms with Gasteiger partial charge in [0.1, 0.15) is 18.7 Å². The second-order valence-electron chi connectivity index (χ2n) is 8.85. The van der Waals surface area contributed by atoms with Gasteiger partial charge in [0.05, 0.1) is 32.1 Å². The van der Waals surface area contributed by atoms with Gasteiger partial charge in [-0.3, -0.25) is 19.3 Å². The van der Waals surface area contributed by atoms with Gasteiger partial charge in [-0.25, -0.2) is 9.59 Å². The van der Waals surface area contributed by atoms with Gasteiger partial charge in [0.2, 0.25) is 5.91 Å². The number of benzene rings is 2. The standard InChI is InChI=1S/C28H32N2O9/c1-3-37-23(31)15-21(27(35)38-4-2)24(26(33)34)29-25(32)22-14-19-12-8-9-13-20(19)16-30(22)28(36)39-17-18-10-6-5-7-11-18/h5-13,21-22,24H,3-4,14-17H2,1-2H3,(H,29,32)(H,33,34)/t21-,22+,24-/m1/s1. The van der Waals surface area contributed by atoms with E-state index in [2.05, 4.69) is 5.32 Å². The van der Waals surface area contributed by atoms with Crippen LogP contribution in [0, 0.1) is 5.92 Å². The first-order valence-corrected chi connectivity index (χ1v) is 12.6. The Kier molecular flexibility index (Phi) is 10.4. The number of fused-ring (bicyclic) bond motifs is 1. The van der Waals surface area contributed by atoms with E-state index in [1.54, 1.807) is 37.3 Å². The molecular formula is C28H32N2O9. The number of carbonyl (C=O) groups is 5. The molecule has 0 radical (unpaired) electrons. The fourth-order valence-corrected chi connectivity index (χ4v) is 4.32. The van der Waals surface area contributed by atoms with E-state index in [1.807, 2.05) is 24.3 Å². The molecule has 0 aliphatic carbocycles. The summed E-state index contributed by atoms with van der Waals surface area (Å²) >= 11 is 0. The van der Waals surface area contributed by atoms with Crippen molar-refractivity contribution < 1.29 is 43.3 Å². The highest BCUT2D eigenvalue weighted by atomic mass is 16.6. The summed E-state index contributed by atoms with van der Waals surface area (Å²) in [7, 11) is 0. The lowest BCUT2D eigenvalue weighted by molar-refractivity contribution is -0.160. The lowest BCUT2D eigenvalue weighted by atomic mass is 9.92. The molecule has 11 heteroatoms. The molecule has 0 saturated heterocycles. The SMILES string of the molecule is CCOC(=O)C[C@@H](C(=O)OCC)[C@@H](NC(=O)[C@@H]1Cc2ccccc2CN1C(=O)OCc1ccccc1)C(=O)O. The van der Waals surface area contributed by atoms with Gasteiger partial charge in [-0.15, -0.1) is 0 Å². The van der Waals surface area contributed by atoms with Gasteiger partial charge < -0.3 is 24.6 Å². The number of carboxylic acid groups (broad SMARTS) is 1. The first kappa shape index (κ1) is 29.2. The van der Waals surface area contributed by atoms with Crippen molar-refractivity contribution in [3.63, 3.8) is 0 Å². The highest BCUT2D eigenvalue weighted by molar-refractivity contribution is 5.93. The molecule has 0 saturated carbocycles. The number of carboxylic acids is 1. The van der Waals surface area contributed by atoms with Crippen molar-refractivity contribution >= 4 is 29.9 Å². The predicted molar refractivity (Wildman–Crippen MR) is 137 cm³/mol. The monoisotopic (exact) mass is 540 g/mol. The fourth-order valence-electron chi connectivity index (χ4n) is 4.32. The van der Waals surface area contributed by atoms with E-state index in [0.717, 1.165) is 16.7 Å². The Morgan fingerprint density at radius 1 is 0.923 bits per heavy atom. The topological polar surface area (TPSA) is 149 Å². The van der Waals surface area contributed by atoms with Crippen LogP contribution in [0.1, 0.15) is 37.0 Å². The van der Waals surface area contributed by atoms with Crippen molar-refractivity contribution in [2.75, 3.05) is 13.2 Å². The Hall–Kier alpha value is -4.41. The predicted octanol–water partition coefficient (Wildman–Crippen LogP) is 2.45. The number of carbonyl (C=O) groups excluding carboxylic acids is 4. The third-order valence-electron chi connectivity index (χ3n) is 6.24. The van der Waals surface area contributed by atoms with Crippen LogP contribution in [0.5, 0.6) is 0 Å². The zero-order valence-electron chi connectivity index (χ0n) is 21.8. The molecule has 0 bridgehead atoms. The average molecular weight is 541 g/mol. The maximum absolute atomic E-state index is 13.5. The largest absolute Gasteiger partial charge is 0.480 e. The summed E-state index contributed by atoms with van der Waals surface area (Å²) in [4.78, 5) is 64.8. The number of nitrogens with zero attached hydrogens (tertiary/aromatic N) is 1. The molecule has 2 aromatic rings. The number of aliphatic carboxylic acids is 1. The normalized spacial score (nSPS) is 15.7. The van der Waals surface area contributed by atoms with Crippen molar-refractivity contribution in [3.05, 3.63) is 71.3 Å². The summed E-state index contributed by atoms with van der Waals surface area (Å²) in [5.41, 5.74) is 2.39. The number of esters is 2. The van der Waals surface area contributed by atoms with E-state index < -0.39 is 54.3 Å². The number of hydrogen-bond acceptors (Lipinski definition) is 8. The van der Waals surface area contributed by atoms with E-state index in [0.29, 0.717) is 0 Å². The number of amides is 2. The molecule has 1 aliphatic rings. The Labute approximate surface area is 226 Å². The molecule has 0 fully saturated rings. The van der Waals surface area contributed by atoms with Crippen LogP contribution in [0.15, 0.2) is 54.6 Å². The molecule has 1 heterocycles. The second kappa shape index (κ2) is 13.9. The van der Waals surface area contributed by atoms with Crippen LogP contribution in [0.25, 0.3) is 0 Å². The molecule has 2 amide bonds. The molecule has 0 aromatic heterocycles. The maximum Gasteiger partial charge on any atom is 0.411 e. The molecular weight excluding hydrogens is 508 g/mol. The number of ether oxygens (including phenoxy) is 3. The molecule has 3 rings (SSSR count). The van der Waals surface area contributed by atoms with Crippen molar-refractivity contribution in [2.24, 2.45) is 5.92 Å². The van der Waals surface area contributed by atoms with Crippen LogP contribution in [-0.4, -0.2) is 65.2 Å². The van der Waals surface area contributed by atoms with Crippen molar-refractivity contribution in [3.8, 4) is 0 Å². The first-order valence-electron chi connectivity index (χ1n) is 12.6. The third kappa shape index (κ3) is 7.79. The summed E-state index contributed by atoms with van der Waals surface area (Å²) in [6.45, 7) is 3.11. The van der Waals surface area contributed by atoms with Gasteiger partial charge in [0.25, 0.3) is 0 Å². The van der Waals surface area contributed by atoms with Crippen LogP contribution in [0.4, 0.5) is 4.79 Å². The Morgan fingerprint density at radius 2 is 1.56 bits per heavy atom. The molecule has 0 spiro atoms. The smallest absolute Gasteiger partial charge is 0.411 e. The van der Waals surface area contributed by atoms with Gasteiger partial charge in [-0.1, -0.05) is 54.6 Å². The minimum absolute atomic E-state index is 0.0195. The van der Waals surface area contributed by atoms with Crippen LogP contribution < -0.4 is 5.32 Å². The minimum Gasteiger partial charge on any atom is -0.480 e. The number of nitrogens with one attached hydrogen (secondary N) is 1. The molecule has 11 nitrogen and oxygen atoms in total. The highest BCUT2D eigenvalue weighted by Gasteiger charge is 2.42. The van der Waals surface area contributed by atoms with Crippen LogP contribution in [0.2, 0.25) is 0 Å². The van der Waals surface area contributed by atoms with Crippen LogP contribution in [-0.2, 0) is 53.0 Å². The quantitative estimate of drug-likeness (QED) is 0.324. The molecule has 0 unspecified atom stereocenters. The molecule has 39 heavy (non-hydrogen) atoms. The van der Waals surface area contributed by atoms with E-state index >= 15 is 0 Å². The van der Waals surface area contributed by atoms with Crippen LogP contribution >= 0.6 is 0 Å². The van der Waals surface area contributed by atoms with Gasteiger partial charge in [0.15, 0.2) is 0 Å². The maximum atomic E-state index is 13.5. The molecule has 2 aromatic carbocycles. The molecule has 208 valence electrons. The summed E-state index contributed by atoms with van der Waals surface area (Å²) in [5.74, 6) is -5.67. The summed E-state index contributed by atoms with van der Waals surface area (Å²) in [6, 6.07) is 13.3. The zero-order chi connectivity index (χ0) is 28.4. The van der Waals surface area contributed by atoms with Crippen molar-refractivity contribution in [2.45, 2.75) is 51.9 Å².